The molecule has 1 saturated carbocycles. The Balaban J connectivity index is 1.72. The highest BCUT2D eigenvalue weighted by Crippen LogP contribution is 2.38. The van der Waals surface area contributed by atoms with E-state index in [1.54, 1.807) is 7.11 Å². The number of morpholine rings is 1. The smallest absolute Gasteiger partial charge is 0.254 e. The molecule has 1 aliphatic heterocycles. The number of hydrogen-bond acceptors (Lipinski definition) is 4. The van der Waals surface area contributed by atoms with Crippen LogP contribution in [0, 0.1) is 0 Å². The zero-order valence-corrected chi connectivity index (χ0v) is 15.4. The van der Waals surface area contributed by atoms with Gasteiger partial charge in [0.1, 0.15) is 0 Å². The molecule has 2 aliphatic rings. The fraction of sp³-hybridized carbons (Fsp3) is 0.650. The standard InChI is InChI=1S/C20H30N2O3/c1-16(20(10-6-7-11-20)22-12-14-25-15-13-22)21-19(23)18(24-2)17-8-4-3-5-9-17/h3-5,8-9,16,18H,6-7,10-15H2,1-2H3,(H,21,23)/t16-,18+/m0/s1. The van der Waals surface area contributed by atoms with E-state index >= 15 is 0 Å². The van der Waals surface area contributed by atoms with E-state index in [4.69, 9.17) is 9.47 Å². The third-order valence-electron chi connectivity index (χ3n) is 5.85. The van der Waals surface area contributed by atoms with Crippen molar-refractivity contribution in [1.82, 2.24) is 10.2 Å². The summed E-state index contributed by atoms with van der Waals surface area (Å²) in [6, 6.07) is 9.77. The number of amides is 1. The number of methoxy groups -OCH3 is 1. The minimum absolute atomic E-state index is 0.0500. The number of carbonyl (C=O) groups is 1. The van der Waals surface area contributed by atoms with Crippen molar-refractivity contribution < 1.29 is 14.3 Å². The van der Waals surface area contributed by atoms with E-state index in [1.807, 2.05) is 30.3 Å². The number of carbonyl (C=O) groups excluding carboxylic acids is 1. The first-order valence-corrected chi connectivity index (χ1v) is 9.38. The van der Waals surface area contributed by atoms with Crippen molar-refractivity contribution in [3.8, 4) is 0 Å². The minimum Gasteiger partial charge on any atom is -0.379 e. The lowest BCUT2D eigenvalue weighted by Crippen LogP contribution is -2.62. The fourth-order valence-electron chi connectivity index (χ4n) is 4.46. The predicted octanol–water partition coefficient (Wildman–Crippen LogP) is 2.52. The summed E-state index contributed by atoms with van der Waals surface area (Å²) in [6.07, 6.45) is 4.16. The molecule has 5 heteroatoms. The maximum atomic E-state index is 12.9. The van der Waals surface area contributed by atoms with E-state index in [1.165, 1.54) is 12.8 Å². The minimum atomic E-state index is -0.563. The molecule has 1 amide bonds. The molecule has 2 atom stereocenters. The summed E-state index contributed by atoms with van der Waals surface area (Å²) in [4.78, 5) is 15.4. The molecule has 138 valence electrons. The quantitative estimate of drug-likeness (QED) is 0.860. The van der Waals surface area contributed by atoms with Gasteiger partial charge in [0.2, 0.25) is 0 Å². The lowest BCUT2D eigenvalue weighted by atomic mass is 9.86. The second-order valence-electron chi connectivity index (χ2n) is 7.17. The van der Waals surface area contributed by atoms with Crippen molar-refractivity contribution in [2.24, 2.45) is 0 Å². The Kier molecular flexibility index (Phi) is 6.10. The highest BCUT2D eigenvalue weighted by molar-refractivity contribution is 5.82. The Morgan fingerprint density at radius 2 is 1.84 bits per heavy atom. The van der Waals surface area contributed by atoms with Crippen LogP contribution in [0.15, 0.2) is 30.3 Å². The van der Waals surface area contributed by atoms with Crippen LogP contribution in [-0.2, 0) is 14.3 Å². The largest absolute Gasteiger partial charge is 0.379 e. The average Bonchev–Trinajstić information content (AvgIpc) is 3.15. The first-order valence-electron chi connectivity index (χ1n) is 9.38. The van der Waals surface area contributed by atoms with Gasteiger partial charge in [0, 0.05) is 31.8 Å². The first-order chi connectivity index (χ1) is 12.2. The molecular formula is C20H30N2O3. The second-order valence-corrected chi connectivity index (χ2v) is 7.17. The van der Waals surface area contributed by atoms with Gasteiger partial charge in [-0.15, -0.1) is 0 Å². The van der Waals surface area contributed by atoms with Crippen LogP contribution < -0.4 is 5.32 Å². The van der Waals surface area contributed by atoms with Crippen LogP contribution in [0.2, 0.25) is 0 Å². The van der Waals surface area contributed by atoms with Gasteiger partial charge >= 0.3 is 0 Å². The molecule has 0 spiro atoms. The number of nitrogens with one attached hydrogen (secondary N) is 1. The summed E-state index contributed by atoms with van der Waals surface area (Å²) in [6.45, 7) is 5.62. The third-order valence-corrected chi connectivity index (χ3v) is 5.85. The number of benzene rings is 1. The maximum absolute atomic E-state index is 12.9. The van der Waals surface area contributed by atoms with Crippen LogP contribution in [0.25, 0.3) is 0 Å². The lowest BCUT2D eigenvalue weighted by Gasteiger charge is -2.47. The molecule has 0 radical (unpaired) electrons. The Morgan fingerprint density at radius 3 is 2.44 bits per heavy atom. The topological polar surface area (TPSA) is 50.8 Å². The summed E-state index contributed by atoms with van der Waals surface area (Å²) in [5, 5.41) is 3.26. The highest BCUT2D eigenvalue weighted by Gasteiger charge is 2.45. The Morgan fingerprint density at radius 1 is 1.20 bits per heavy atom. The van der Waals surface area contributed by atoms with Gasteiger partial charge in [-0.05, 0) is 25.3 Å². The Hall–Kier alpha value is -1.43. The number of hydrogen-bond donors (Lipinski definition) is 1. The molecule has 1 heterocycles. The molecule has 0 bridgehead atoms. The van der Waals surface area contributed by atoms with Crippen LogP contribution >= 0.6 is 0 Å². The van der Waals surface area contributed by atoms with Crippen molar-refractivity contribution in [2.45, 2.75) is 50.3 Å². The van der Waals surface area contributed by atoms with E-state index in [0.717, 1.165) is 44.7 Å². The lowest BCUT2D eigenvalue weighted by molar-refractivity contribution is -0.133. The summed E-state index contributed by atoms with van der Waals surface area (Å²) < 4.78 is 11.0. The van der Waals surface area contributed by atoms with E-state index in [-0.39, 0.29) is 17.5 Å². The van der Waals surface area contributed by atoms with Gasteiger partial charge in [0.05, 0.1) is 13.2 Å². The molecule has 0 unspecified atom stereocenters. The van der Waals surface area contributed by atoms with E-state index in [9.17, 15) is 4.79 Å². The van der Waals surface area contributed by atoms with Crippen molar-refractivity contribution in [3.63, 3.8) is 0 Å². The number of ether oxygens (including phenoxy) is 2. The molecular weight excluding hydrogens is 316 g/mol. The first kappa shape index (κ1) is 18.4. The Bertz CT molecular complexity index is 551. The van der Waals surface area contributed by atoms with Gasteiger partial charge in [-0.2, -0.15) is 0 Å². The van der Waals surface area contributed by atoms with Crippen molar-refractivity contribution in [2.75, 3.05) is 33.4 Å². The van der Waals surface area contributed by atoms with Crippen LogP contribution in [0.4, 0.5) is 0 Å². The van der Waals surface area contributed by atoms with Crippen molar-refractivity contribution in [3.05, 3.63) is 35.9 Å². The summed E-state index contributed by atoms with van der Waals surface area (Å²) >= 11 is 0. The molecule has 1 aromatic rings. The molecule has 25 heavy (non-hydrogen) atoms. The van der Waals surface area contributed by atoms with Gasteiger partial charge in [-0.1, -0.05) is 43.2 Å². The molecule has 2 fully saturated rings. The van der Waals surface area contributed by atoms with Crippen molar-refractivity contribution in [1.29, 1.82) is 0 Å². The number of rotatable bonds is 6. The monoisotopic (exact) mass is 346 g/mol. The van der Waals surface area contributed by atoms with Crippen LogP contribution in [0.5, 0.6) is 0 Å². The van der Waals surface area contributed by atoms with Gasteiger partial charge < -0.3 is 14.8 Å². The normalized spacial score (nSPS) is 23.1. The molecule has 1 N–H and O–H groups in total. The van der Waals surface area contributed by atoms with Gasteiger partial charge in [-0.25, -0.2) is 0 Å². The predicted molar refractivity (Wildman–Crippen MR) is 97.4 cm³/mol. The van der Waals surface area contributed by atoms with E-state index < -0.39 is 6.10 Å². The highest BCUT2D eigenvalue weighted by atomic mass is 16.5. The van der Waals surface area contributed by atoms with Crippen LogP contribution in [0.1, 0.15) is 44.3 Å². The van der Waals surface area contributed by atoms with E-state index in [0.29, 0.717) is 0 Å². The fourth-order valence-corrected chi connectivity index (χ4v) is 4.46. The zero-order valence-electron chi connectivity index (χ0n) is 15.4. The summed E-state index contributed by atoms with van der Waals surface area (Å²) in [5.74, 6) is -0.0549. The third kappa shape index (κ3) is 3.89. The molecule has 1 aliphatic carbocycles. The molecule has 0 aromatic heterocycles. The number of nitrogens with zero attached hydrogens (tertiary/aromatic N) is 1. The van der Waals surface area contributed by atoms with Crippen LogP contribution in [0.3, 0.4) is 0 Å². The molecule has 5 nitrogen and oxygen atoms in total. The van der Waals surface area contributed by atoms with Gasteiger partial charge in [0.25, 0.3) is 5.91 Å². The average molecular weight is 346 g/mol. The van der Waals surface area contributed by atoms with Gasteiger partial charge in [0.15, 0.2) is 6.10 Å². The summed E-state index contributed by atoms with van der Waals surface area (Å²) in [7, 11) is 1.59. The SMILES string of the molecule is CO[C@@H](C(=O)N[C@@H](C)C1(N2CCOCC2)CCCC1)c1ccccc1. The molecule has 3 rings (SSSR count). The van der Waals surface area contributed by atoms with Crippen molar-refractivity contribution >= 4 is 5.91 Å². The van der Waals surface area contributed by atoms with Crippen LogP contribution in [-0.4, -0.2) is 55.8 Å². The zero-order chi connectivity index (χ0) is 17.7. The maximum Gasteiger partial charge on any atom is 0.254 e. The molecule has 1 aromatic carbocycles. The second kappa shape index (κ2) is 8.30. The van der Waals surface area contributed by atoms with E-state index in [2.05, 4.69) is 17.1 Å². The Labute approximate surface area is 150 Å². The summed E-state index contributed by atoms with van der Waals surface area (Å²) in [5.41, 5.74) is 0.940. The van der Waals surface area contributed by atoms with Gasteiger partial charge in [-0.3, -0.25) is 9.69 Å². The molecule has 1 saturated heterocycles.